The third-order valence-electron chi connectivity index (χ3n) is 2.46. The Labute approximate surface area is 114 Å². The zero-order valence-electron chi connectivity index (χ0n) is 10.4. The number of thiazole rings is 1. The molecular weight excluding hydrogens is 267 g/mol. The van der Waals surface area contributed by atoms with Crippen molar-refractivity contribution in [2.45, 2.75) is 6.42 Å². The maximum Gasteiger partial charge on any atom is 0.406 e. The van der Waals surface area contributed by atoms with Gasteiger partial charge in [0.1, 0.15) is 10.8 Å². The number of rotatable bonds is 4. The van der Waals surface area contributed by atoms with Gasteiger partial charge in [0.05, 0.1) is 12.8 Å². The third-order valence-corrected chi connectivity index (χ3v) is 3.40. The summed E-state index contributed by atoms with van der Waals surface area (Å²) in [5, 5.41) is 5.26. The number of ether oxygens (including phenoxy) is 1. The summed E-state index contributed by atoms with van der Waals surface area (Å²) >= 11 is 1.45. The molecule has 1 heterocycles. The molecule has 2 rings (SSSR count). The molecule has 2 aromatic rings. The number of nitrogens with one attached hydrogen (secondary N) is 1. The molecule has 0 bridgehead atoms. The van der Waals surface area contributed by atoms with Crippen molar-refractivity contribution in [3.05, 3.63) is 41.2 Å². The van der Waals surface area contributed by atoms with Crippen LogP contribution >= 0.6 is 11.3 Å². The number of benzene rings is 1. The standard InChI is InChI=1S/C13H13FN2O2S/c1-18-13(17)15-6-5-11-8-19-12(16-11)9-3-2-4-10(14)7-9/h2-4,7-8H,5-6H2,1H3,(H,15,17). The van der Waals surface area contributed by atoms with Crippen molar-refractivity contribution in [3.8, 4) is 10.6 Å². The number of nitrogens with zero attached hydrogens (tertiary/aromatic N) is 1. The number of carbonyl (C=O) groups is 1. The summed E-state index contributed by atoms with van der Waals surface area (Å²) in [5.74, 6) is -0.276. The number of carbonyl (C=O) groups excluding carboxylic acids is 1. The van der Waals surface area contributed by atoms with Crippen LogP contribution in [0.15, 0.2) is 29.6 Å². The van der Waals surface area contributed by atoms with E-state index in [1.165, 1.54) is 30.6 Å². The molecular formula is C13H13FN2O2S. The first-order valence-corrected chi connectivity index (χ1v) is 6.59. The van der Waals surface area contributed by atoms with E-state index in [-0.39, 0.29) is 5.82 Å². The molecule has 0 aliphatic heterocycles. The van der Waals surface area contributed by atoms with E-state index in [4.69, 9.17) is 0 Å². The highest BCUT2D eigenvalue weighted by atomic mass is 32.1. The van der Waals surface area contributed by atoms with Crippen molar-refractivity contribution >= 4 is 17.4 Å². The molecule has 19 heavy (non-hydrogen) atoms. The summed E-state index contributed by atoms with van der Waals surface area (Å²) in [6, 6.07) is 6.33. The first kappa shape index (κ1) is 13.5. The smallest absolute Gasteiger partial charge is 0.406 e. The molecule has 0 saturated carbocycles. The largest absolute Gasteiger partial charge is 0.453 e. The van der Waals surface area contributed by atoms with Crippen LogP contribution in [-0.2, 0) is 11.2 Å². The molecule has 0 spiro atoms. The molecule has 0 unspecified atom stereocenters. The summed E-state index contributed by atoms with van der Waals surface area (Å²) in [5.41, 5.74) is 1.62. The molecule has 0 aliphatic rings. The first-order chi connectivity index (χ1) is 9.19. The quantitative estimate of drug-likeness (QED) is 0.937. The lowest BCUT2D eigenvalue weighted by atomic mass is 10.2. The van der Waals surface area contributed by atoms with E-state index in [1.807, 2.05) is 11.4 Å². The van der Waals surface area contributed by atoms with Gasteiger partial charge in [-0.15, -0.1) is 11.3 Å². The minimum atomic E-state index is -0.458. The van der Waals surface area contributed by atoms with E-state index >= 15 is 0 Å². The van der Waals surface area contributed by atoms with Crippen molar-refractivity contribution in [1.29, 1.82) is 0 Å². The van der Waals surface area contributed by atoms with Gasteiger partial charge in [0.2, 0.25) is 0 Å². The topological polar surface area (TPSA) is 51.2 Å². The fraction of sp³-hybridized carbons (Fsp3) is 0.231. The van der Waals surface area contributed by atoms with Crippen LogP contribution in [0.3, 0.4) is 0 Å². The van der Waals surface area contributed by atoms with Crippen molar-refractivity contribution in [2.24, 2.45) is 0 Å². The summed E-state index contributed by atoms with van der Waals surface area (Å²) < 4.78 is 17.6. The van der Waals surface area contributed by atoms with Crippen LogP contribution in [-0.4, -0.2) is 24.7 Å². The molecule has 0 saturated heterocycles. The molecule has 4 nitrogen and oxygen atoms in total. The van der Waals surface area contributed by atoms with Crippen LogP contribution in [0.25, 0.3) is 10.6 Å². The van der Waals surface area contributed by atoms with Gasteiger partial charge < -0.3 is 10.1 Å². The lowest BCUT2D eigenvalue weighted by molar-refractivity contribution is 0.171. The van der Waals surface area contributed by atoms with Gasteiger partial charge in [0.15, 0.2) is 0 Å². The number of alkyl carbamates (subject to hydrolysis) is 1. The van der Waals surface area contributed by atoms with Gasteiger partial charge in [0.25, 0.3) is 0 Å². The molecule has 0 fully saturated rings. The lowest BCUT2D eigenvalue weighted by Gasteiger charge is -2.01. The van der Waals surface area contributed by atoms with Gasteiger partial charge in [-0.2, -0.15) is 0 Å². The monoisotopic (exact) mass is 280 g/mol. The van der Waals surface area contributed by atoms with E-state index in [0.717, 1.165) is 16.3 Å². The predicted molar refractivity (Wildman–Crippen MR) is 71.6 cm³/mol. The summed E-state index contributed by atoms with van der Waals surface area (Å²) in [6.07, 6.45) is 0.154. The number of halogens is 1. The Balaban J connectivity index is 1.97. The van der Waals surface area contributed by atoms with Crippen LogP contribution in [0, 0.1) is 5.82 Å². The second-order valence-corrected chi connectivity index (χ2v) is 4.68. The minimum absolute atomic E-state index is 0.276. The summed E-state index contributed by atoms with van der Waals surface area (Å²) in [7, 11) is 1.32. The zero-order chi connectivity index (χ0) is 13.7. The van der Waals surface area contributed by atoms with Crippen LogP contribution in [0.5, 0.6) is 0 Å². The van der Waals surface area contributed by atoms with E-state index in [1.54, 1.807) is 6.07 Å². The van der Waals surface area contributed by atoms with E-state index in [9.17, 15) is 9.18 Å². The average Bonchev–Trinajstić information content (AvgIpc) is 2.87. The Morgan fingerprint density at radius 1 is 1.53 bits per heavy atom. The fourth-order valence-electron chi connectivity index (χ4n) is 1.54. The Hall–Kier alpha value is -1.95. The Kier molecular flexibility index (Phi) is 4.46. The molecule has 1 amide bonds. The normalized spacial score (nSPS) is 10.2. The van der Waals surface area contributed by atoms with Gasteiger partial charge in [-0.3, -0.25) is 0 Å². The summed E-state index contributed by atoms with van der Waals surface area (Å²) in [6.45, 7) is 0.457. The van der Waals surface area contributed by atoms with Gasteiger partial charge in [-0.1, -0.05) is 12.1 Å². The fourth-order valence-corrected chi connectivity index (χ4v) is 2.39. The molecule has 1 aromatic carbocycles. The number of methoxy groups -OCH3 is 1. The van der Waals surface area contributed by atoms with E-state index in [0.29, 0.717) is 13.0 Å². The highest BCUT2D eigenvalue weighted by molar-refractivity contribution is 7.13. The van der Waals surface area contributed by atoms with E-state index < -0.39 is 6.09 Å². The molecule has 0 atom stereocenters. The van der Waals surface area contributed by atoms with Crippen molar-refractivity contribution in [2.75, 3.05) is 13.7 Å². The van der Waals surface area contributed by atoms with Gasteiger partial charge >= 0.3 is 6.09 Å². The number of amides is 1. The van der Waals surface area contributed by atoms with Crippen molar-refractivity contribution in [1.82, 2.24) is 10.3 Å². The zero-order valence-corrected chi connectivity index (χ0v) is 11.2. The number of hydrogen-bond donors (Lipinski definition) is 1. The maximum absolute atomic E-state index is 13.1. The van der Waals surface area contributed by atoms with Crippen LogP contribution in [0.1, 0.15) is 5.69 Å². The molecule has 0 aliphatic carbocycles. The van der Waals surface area contributed by atoms with Crippen molar-refractivity contribution in [3.63, 3.8) is 0 Å². The second kappa shape index (κ2) is 6.29. The van der Waals surface area contributed by atoms with Gasteiger partial charge in [-0.25, -0.2) is 14.2 Å². The molecule has 1 aromatic heterocycles. The second-order valence-electron chi connectivity index (χ2n) is 3.82. The summed E-state index contributed by atoms with van der Waals surface area (Å²) in [4.78, 5) is 15.3. The molecule has 100 valence electrons. The predicted octanol–water partition coefficient (Wildman–Crippen LogP) is 2.85. The van der Waals surface area contributed by atoms with Gasteiger partial charge in [0, 0.05) is 23.9 Å². The average molecular weight is 280 g/mol. The Morgan fingerprint density at radius 2 is 2.37 bits per heavy atom. The highest BCUT2D eigenvalue weighted by Crippen LogP contribution is 2.24. The minimum Gasteiger partial charge on any atom is -0.453 e. The molecule has 6 heteroatoms. The van der Waals surface area contributed by atoms with Crippen LogP contribution in [0.4, 0.5) is 9.18 Å². The first-order valence-electron chi connectivity index (χ1n) is 5.71. The highest BCUT2D eigenvalue weighted by Gasteiger charge is 2.06. The molecule has 0 radical (unpaired) electrons. The maximum atomic E-state index is 13.1. The molecule has 1 N–H and O–H groups in total. The van der Waals surface area contributed by atoms with Gasteiger partial charge in [-0.05, 0) is 12.1 Å². The van der Waals surface area contributed by atoms with E-state index in [2.05, 4.69) is 15.0 Å². The van der Waals surface area contributed by atoms with Crippen LogP contribution in [0.2, 0.25) is 0 Å². The number of hydrogen-bond acceptors (Lipinski definition) is 4. The number of aromatic nitrogens is 1. The van der Waals surface area contributed by atoms with Crippen molar-refractivity contribution < 1.29 is 13.9 Å². The Bertz CT molecular complexity index is 571. The van der Waals surface area contributed by atoms with Crippen LogP contribution < -0.4 is 5.32 Å². The third kappa shape index (κ3) is 3.75. The lowest BCUT2D eigenvalue weighted by Crippen LogP contribution is -2.25. The SMILES string of the molecule is COC(=O)NCCc1csc(-c2cccc(F)c2)n1. The Morgan fingerprint density at radius 3 is 3.11 bits per heavy atom.